The Balaban J connectivity index is 1.59. The Morgan fingerprint density at radius 1 is 1.07 bits per heavy atom. The van der Waals surface area contributed by atoms with Crippen molar-refractivity contribution >= 4 is 29.0 Å². The summed E-state index contributed by atoms with van der Waals surface area (Å²) in [7, 11) is 2.02. The molecule has 1 heterocycles. The molecule has 1 atom stereocenters. The number of anilines is 3. The number of nitrogens with one attached hydrogen (secondary N) is 2. The number of hydrogen-bond donors (Lipinski definition) is 2. The van der Waals surface area contributed by atoms with Crippen LogP contribution in [0.4, 0.5) is 21.9 Å². The van der Waals surface area contributed by atoms with Crippen LogP contribution >= 0.6 is 0 Å². The van der Waals surface area contributed by atoms with Crippen molar-refractivity contribution in [2.24, 2.45) is 5.92 Å². The van der Waals surface area contributed by atoms with Crippen molar-refractivity contribution in [1.29, 1.82) is 0 Å². The van der Waals surface area contributed by atoms with Gasteiger partial charge in [0.2, 0.25) is 5.91 Å². The second kappa shape index (κ2) is 9.26. The minimum absolute atomic E-state index is 0.0338. The standard InChI is InChI=1S/C22H28N4O2/c1-3-25(2)20-13-7-12-19(15-20)23-21(27)17-9-8-14-26(16-17)22(28)24-18-10-5-4-6-11-18/h4-7,10-13,15,17H,3,8-9,14,16H2,1-2H3,(H,23,27)(H,24,28). The van der Waals surface area contributed by atoms with Gasteiger partial charge in [-0.2, -0.15) is 0 Å². The fraction of sp³-hybridized carbons (Fsp3) is 0.364. The molecule has 1 saturated heterocycles. The summed E-state index contributed by atoms with van der Waals surface area (Å²) >= 11 is 0. The Morgan fingerprint density at radius 3 is 2.57 bits per heavy atom. The molecule has 6 nitrogen and oxygen atoms in total. The fourth-order valence-corrected chi connectivity index (χ4v) is 3.35. The average molecular weight is 380 g/mol. The van der Waals surface area contributed by atoms with E-state index < -0.39 is 0 Å². The smallest absolute Gasteiger partial charge is 0.321 e. The molecule has 3 rings (SSSR count). The van der Waals surface area contributed by atoms with Crippen molar-refractivity contribution in [3.05, 3.63) is 54.6 Å². The zero-order chi connectivity index (χ0) is 19.9. The molecule has 1 aliphatic rings. The second-order valence-electron chi connectivity index (χ2n) is 7.14. The number of benzene rings is 2. The van der Waals surface area contributed by atoms with E-state index in [9.17, 15) is 9.59 Å². The van der Waals surface area contributed by atoms with Crippen molar-refractivity contribution in [1.82, 2.24) is 4.90 Å². The molecule has 2 N–H and O–H groups in total. The van der Waals surface area contributed by atoms with Crippen LogP contribution in [0.3, 0.4) is 0 Å². The van der Waals surface area contributed by atoms with Crippen LogP contribution in [0.15, 0.2) is 54.6 Å². The van der Waals surface area contributed by atoms with Gasteiger partial charge >= 0.3 is 6.03 Å². The maximum Gasteiger partial charge on any atom is 0.321 e. The van der Waals surface area contributed by atoms with Crippen LogP contribution < -0.4 is 15.5 Å². The highest BCUT2D eigenvalue weighted by molar-refractivity contribution is 5.94. The molecule has 0 saturated carbocycles. The van der Waals surface area contributed by atoms with Gasteiger partial charge in [0.05, 0.1) is 5.92 Å². The third kappa shape index (κ3) is 5.03. The van der Waals surface area contributed by atoms with E-state index in [4.69, 9.17) is 0 Å². The number of rotatable bonds is 5. The van der Waals surface area contributed by atoms with Gasteiger partial charge in [0.15, 0.2) is 0 Å². The maximum atomic E-state index is 12.8. The van der Waals surface area contributed by atoms with E-state index in [1.807, 2.05) is 61.6 Å². The number of amides is 3. The van der Waals surface area contributed by atoms with Crippen LogP contribution in [-0.2, 0) is 4.79 Å². The van der Waals surface area contributed by atoms with Crippen LogP contribution in [-0.4, -0.2) is 43.5 Å². The molecule has 1 aliphatic heterocycles. The lowest BCUT2D eigenvalue weighted by Crippen LogP contribution is -2.45. The monoisotopic (exact) mass is 380 g/mol. The molecule has 3 amide bonds. The average Bonchev–Trinajstić information content (AvgIpc) is 2.74. The molecule has 148 valence electrons. The lowest BCUT2D eigenvalue weighted by molar-refractivity contribution is -0.121. The predicted molar refractivity (Wildman–Crippen MR) is 114 cm³/mol. The van der Waals surface area contributed by atoms with Gasteiger partial charge in [-0.05, 0) is 50.1 Å². The molecule has 2 aromatic rings. The first-order chi connectivity index (χ1) is 13.6. The summed E-state index contributed by atoms with van der Waals surface area (Å²) in [4.78, 5) is 29.1. The van der Waals surface area contributed by atoms with E-state index in [0.717, 1.165) is 36.4 Å². The van der Waals surface area contributed by atoms with Gasteiger partial charge in [-0.25, -0.2) is 4.79 Å². The van der Waals surface area contributed by atoms with Gasteiger partial charge in [0.25, 0.3) is 0 Å². The minimum Gasteiger partial charge on any atom is -0.375 e. The first-order valence-corrected chi connectivity index (χ1v) is 9.80. The predicted octanol–water partition coefficient (Wildman–Crippen LogP) is 4.03. The Bertz CT molecular complexity index is 809. The first kappa shape index (κ1) is 19.7. The molecule has 0 bridgehead atoms. The largest absolute Gasteiger partial charge is 0.375 e. The molecule has 28 heavy (non-hydrogen) atoms. The zero-order valence-electron chi connectivity index (χ0n) is 16.5. The zero-order valence-corrected chi connectivity index (χ0v) is 16.5. The molecule has 6 heteroatoms. The Labute approximate surface area is 166 Å². The second-order valence-corrected chi connectivity index (χ2v) is 7.14. The van der Waals surface area contributed by atoms with E-state index in [1.165, 1.54) is 0 Å². The normalized spacial score (nSPS) is 16.4. The van der Waals surface area contributed by atoms with E-state index in [1.54, 1.807) is 4.90 Å². The van der Waals surface area contributed by atoms with Crippen molar-refractivity contribution in [3.8, 4) is 0 Å². The molecule has 0 aliphatic carbocycles. The summed E-state index contributed by atoms with van der Waals surface area (Å²) in [6.45, 7) is 4.08. The highest BCUT2D eigenvalue weighted by Gasteiger charge is 2.28. The van der Waals surface area contributed by atoms with Crippen LogP contribution in [0.1, 0.15) is 19.8 Å². The van der Waals surface area contributed by atoms with Gasteiger partial charge in [-0.1, -0.05) is 24.3 Å². The van der Waals surface area contributed by atoms with Crippen molar-refractivity contribution < 1.29 is 9.59 Å². The van der Waals surface area contributed by atoms with Crippen molar-refractivity contribution in [2.75, 3.05) is 42.2 Å². The number of hydrogen-bond acceptors (Lipinski definition) is 3. The summed E-state index contributed by atoms with van der Waals surface area (Å²) in [5.74, 6) is -0.239. The van der Waals surface area contributed by atoms with E-state index in [0.29, 0.717) is 13.1 Å². The Hall–Kier alpha value is -3.02. The number of urea groups is 1. The molecule has 0 aromatic heterocycles. The van der Waals surface area contributed by atoms with Gasteiger partial charge in [0, 0.05) is 43.7 Å². The molecule has 0 spiro atoms. The van der Waals surface area contributed by atoms with E-state index in [-0.39, 0.29) is 17.9 Å². The number of likely N-dealkylation sites (tertiary alicyclic amines) is 1. The quantitative estimate of drug-likeness (QED) is 0.823. The molecule has 1 unspecified atom stereocenters. The minimum atomic E-state index is -0.206. The summed E-state index contributed by atoms with van der Waals surface area (Å²) < 4.78 is 0. The lowest BCUT2D eigenvalue weighted by Gasteiger charge is -2.32. The van der Waals surface area contributed by atoms with E-state index in [2.05, 4.69) is 22.5 Å². The SMILES string of the molecule is CCN(C)c1cccc(NC(=O)C2CCCN(C(=O)Nc3ccccc3)C2)c1. The lowest BCUT2D eigenvalue weighted by atomic mass is 9.97. The third-order valence-corrected chi connectivity index (χ3v) is 5.13. The highest BCUT2D eigenvalue weighted by atomic mass is 16.2. The number of piperidine rings is 1. The van der Waals surface area contributed by atoms with Gasteiger partial charge in [-0.15, -0.1) is 0 Å². The maximum absolute atomic E-state index is 12.8. The van der Waals surface area contributed by atoms with Gasteiger partial charge in [0.1, 0.15) is 0 Å². The fourth-order valence-electron chi connectivity index (χ4n) is 3.35. The van der Waals surface area contributed by atoms with Crippen molar-refractivity contribution in [3.63, 3.8) is 0 Å². The summed E-state index contributed by atoms with van der Waals surface area (Å²) in [5, 5.41) is 5.91. The molecule has 2 aromatic carbocycles. The van der Waals surface area contributed by atoms with Gasteiger partial charge < -0.3 is 20.4 Å². The van der Waals surface area contributed by atoms with Crippen LogP contribution in [0, 0.1) is 5.92 Å². The van der Waals surface area contributed by atoms with Crippen LogP contribution in [0.5, 0.6) is 0 Å². The number of carbonyl (C=O) groups excluding carboxylic acids is 2. The molecule has 1 fully saturated rings. The first-order valence-electron chi connectivity index (χ1n) is 9.80. The number of carbonyl (C=O) groups is 2. The summed E-state index contributed by atoms with van der Waals surface area (Å²) in [6, 6.07) is 17.1. The molecule has 0 radical (unpaired) electrons. The topological polar surface area (TPSA) is 64.7 Å². The Kier molecular flexibility index (Phi) is 6.53. The molecular weight excluding hydrogens is 352 g/mol. The number of nitrogens with zero attached hydrogens (tertiary/aromatic N) is 2. The third-order valence-electron chi connectivity index (χ3n) is 5.13. The summed E-state index contributed by atoms with van der Waals surface area (Å²) in [6.07, 6.45) is 1.61. The number of para-hydroxylation sites is 1. The highest BCUT2D eigenvalue weighted by Crippen LogP contribution is 2.22. The van der Waals surface area contributed by atoms with Crippen LogP contribution in [0.2, 0.25) is 0 Å². The summed E-state index contributed by atoms with van der Waals surface area (Å²) in [5.41, 5.74) is 2.61. The Morgan fingerprint density at radius 2 is 1.82 bits per heavy atom. The molecular formula is C22H28N4O2. The van der Waals surface area contributed by atoms with Gasteiger partial charge in [-0.3, -0.25) is 4.79 Å². The van der Waals surface area contributed by atoms with Crippen LogP contribution in [0.25, 0.3) is 0 Å². The van der Waals surface area contributed by atoms with Crippen molar-refractivity contribution in [2.45, 2.75) is 19.8 Å². The van der Waals surface area contributed by atoms with E-state index >= 15 is 0 Å².